The molecule has 0 fully saturated rings. The van der Waals surface area contributed by atoms with Crippen LogP contribution in [0.3, 0.4) is 0 Å². The molecule has 0 amide bonds. The van der Waals surface area contributed by atoms with Crippen molar-refractivity contribution < 1.29 is 9.13 Å². The van der Waals surface area contributed by atoms with E-state index in [0.717, 1.165) is 5.56 Å². The molecule has 2 rings (SSSR count). The van der Waals surface area contributed by atoms with Crippen LogP contribution < -0.4 is 10.5 Å². The van der Waals surface area contributed by atoms with E-state index >= 15 is 0 Å². The van der Waals surface area contributed by atoms with E-state index in [1.54, 1.807) is 18.3 Å². The van der Waals surface area contributed by atoms with Crippen molar-refractivity contribution >= 4 is 5.71 Å². The van der Waals surface area contributed by atoms with Gasteiger partial charge in [-0.1, -0.05) is 19.9 Å². The van der Waals surface area contributed by atoms with Gasteiger partial charge in [0.05, 0.1) is 12.0 Å². The third-order valence-corrected chi connectivity index (χ3v) is 3.34. The highest BCUT2D eigenvalue weighted by Crippen LogP contribution is 2.29. The van der Waals surface area contributed by atoms with Gasteiger partial charge < -0.3 is 15.9 Å². The van der Waals surface area contributed by atoms with Gasteiger partial charge in [0.25, 0.3) is 0 Å². The fraction of sp³-hybridized carbons (Fsp3) is 0.222. The molecule has 2 aromatic rings. The van der Waals surface area contributed by atoms with Gasteiger partial charge in [-0.3, -0.25) is 4.98 Å². The first-order valence-corrected chi connectivity index (χ1v) is 7.38. The normalized spacial score (nSPS) is 11.2. The van der Waals surface area contributed by atoms with Crippen molar-refractivity contribution in [3.05, 3.63) is 60.2 Å². The van der Waals surface area contributed by atoms with Crippen LogP contribution in [0.1, 0.15) is 19.4 Å². The molecule has 0 bridgehead atoms. The Balaban J connectivity index is 2.28. The predicted octanol–water partition coefficient (Wildman–Crippen LogP) is 3.91. The van der Waals surface area contributed by atoms with Crippen LogP contribution in [0.5, 0.6) is 5.75 Å². The second-order valence-electron chi connectivity index (χ2n) is 5.43. The molecule has 1 aromatic carbocycles. The summed E-state index contributed by atoms with van der Waals surface area (Å²) in [5.41, 5.74) is 8.27. The molecule has 0 saturated carbocycles. The molecule has 120 valence electrons. The summed E-state index contributed by atoms with van der Waals surface area (Å²) in [6.45, 7) is 4.26. The van der Waals surface area contributed by atoms with Crippen LogP contribution in [0.2, 0.25) is 0 Å². The molecule has 0 saturated heterocycles. The van der Waals surface area contributed by atoms with Crippen molar-refractivity contribution in [1.82, 2.24) is 4.98 Å². The minimum Gasteiger partial charge on any atom is -0.464 e. The fourth-order valence-electron chi connectivity index (χ4n) is 1.88. The first kappa shape index (κ1) is 16.8. The molecule has 0 aliphatic heterocycles. The van der Waals surface area contributed by atoms with E-state index in [9.17, 15) is 4.39 Å². The van der Waals surface area contributed by atoms with Gasteiger partial charge in [0.15, 0.2) is 0 Å². The smallest absolute Gasteiger partial charge is 0.138 e. The second kappa shape index (κ2) is 7.65. The number of pyridine rings is 1. The Labute approximate surface area is 135 Å². The highest BCUT2D eigenvalue weighted by molar-refractivity contribution is 5.93. The van der Waals surface area contributed by atoms with Crippen molar-refractivity contribution in [3.63, 3.8) is 0 Å². The van der Waals surface area contributed by atoms with Gasteiger partial charge in [0.1, 0.15) is 11.6 Å². The van der Waals surface area contributed by atoms with Crippen LogP contribution in [-0.2, 0) is 6.54 Å². The number of benzene rings is 1. The number of hydrogen-bond acceptors (Lipinski definition) is 4. The monoisotopic (exact) mass is 313 g/mol. The van der Waals surface area contributed by atoms with Gasteiger partial charge in [-0.15, -0.1) is 0 Å². The molecule has 0 aliphatic rings. The fourth-order valence-corrected chi connectivity index (χ4v) is 1.88. The molecule has 0 radical (unpaired) electrons. The molecule has 1 heterocycles. The van der Waals surface area contributed by atoms with Gasteiger partial charge in [0, 0.05) is 30.1 Å². The maximum absolute atomic E-state index is 13.5. The summed E-state index contributed by atoms with van der Waals surface area (Å²) in [6, 6.07) is 7.98. The standard InChI is InChI=1S/C18H20FN3O/c1-12(2)16(21)7-8-23-18-9-14(19)4-5-15(18)17-6-3-13(10-20)11-22-17/h3-9,11-12,21H,10,20H2,1-2H3/b8-7+,21-16?. The lowest BCUT2D eigenvalue weighted by Crippen LogP contribution is -2.02. The van der Waals surface area contributed by atoms with Crippen molar-refractivity contribution in [2.24, 2.45) is 11.7 Å². The van der Waals surface area contributed by atoms with Crippen LogP contribution >= 0.6 is 0 Å². The third-order valence-electron chi connectivity index (χ3n) is 3.34. The quantitative estimate of drug-likeness (QED) is 0.627. The van der Waals surface area contributed by atoms with E-state index in [1.807, 2.05) is 26.0 Å². The Morgan fingerprint density at radius 1 is 1.35 bits per heavy atom. The summed E-state index contributed by atoms with van der Waals surface area (Å²) in [5.74, 6) is 0.0628. The summed E-state index contributed by atoms with van der Waals surface area (Å²) < 4.78 is 19.0. The lowest BCUT2D eigenvalue weighted by Gasteiger charge is -2.09. The average Bonchev–Trinajstić information content (AvgIpc) is 2.55. The lowest BCUT2D eigenvalue weighted by molar-refractivity contribution is 0.477. The number of nitrogens with zero attached hydrogens (tertiary/aromatic N) is 1. The number of aromatic nitrogens is 1. The third kappa shape index (κ3) is 4.47. The van der Waals surface area contributed by atoms with E-state index in [2.05, 4.69) is 4.98 Å². The van der Waals surface area contributed by atoms with Crippen molar-refractivity contribution in [3.8, 4) is 17.0 Å². The zero-order chi connectivity index (χ0) is 16.8. The molecule has 4 nitrogen and oxygen atoms in total. The Morgan fingerprint density at radius 2 is 2.13 bits per heavy atom. The van der Waals surface area contributed by atoms with Gasteiger partial charge in [-0.25, -0.2) is 4.39 Å². The van der Waals surface area contributed by atoms with Crippen LogP contribution in [0, 0.1) is 17.1 Å². The van der Waals surface area contributed by atoms with Crippen molar-refractivity contribution in [1.29, 1.82) is 5.41 Å². The molecule has 0 unspecified atom stereocenters. The number of rotatable bonds is 6. The highest BCUT2D eigenvalue weighted by atomic mass is 19.1. The van der Waals surface area contributed by atoms with E-state index in [1.165, 1.54) is 18.4 Å². The number of nitrogens with two attached hydrogens (primary N) is 1. The molecular weight excluding hydrogens is 293 g/mol. The van der Waals surface area contributed by atoms with Crippen LogP contribution in [0.4, 0.5) is 4.39 Å². The Kier molecular flexibility index (Phi) is 5.60. The lowest BCUT2D eigenvalue weighted by atomic mass is 10.1. The number of nitrogens with one attached hydrogen (secondary N) is 1. The molecular formula is C18H20FN3O. The summed E-state index contributed by atoms with van der Waals surface area (Å²) >= 11 is 0. The van der Waals surface area contributed by atoms with Crippen LogP contribution in [-0.4, -0.2) is 10.7 Å². The number of halogens is 1. The molecule has 0 atom stereocenters. The Hall–Kier alpha value is -2.53. The van der Waals surface area contributed by atoms with Gasteiger partial charge >= 0.3 is 0 Å². The van der Waals surface area contributed by atoms with Crippen molar-refractivity contribution in [2.75, 3.05) is 0 Å². The van der Waals surface area contributed by atoms with Gasteiger partial charge in [-0.2, -0.15) is 0 Å². The van der Waals surface area contributed by atoms with Gasteiger partial charge in [-0.05, 0) is 35.8 Å². The summed E-state index contributed by atoms with van der Waals surface area (Å²) in [6.07, 6.45) is 4.64. The summed E-state index contributed by atoms with van der Waals surface area (Å²) in [4.78, 5) is 4.33. The number of allylic oxidation sites excluding steroid dienone is 1. The largest absolute Gasteiger partial charge is 0.464 e. The minimum absolute atomic E-state index is 0.104. The Morgan fingerprint density at radius 3 is 2.74 bits per heavy atom. The summed E-state index contributed by atoms with van der Waals surface area (Å²) in [7, 11) is 0. The molecule has 0 aliphatic carbocycles. The van der Waals surface area contributed by atoms with E-state index < -0.39 is 5.82 Å². The van der Waals surface area contributed by atoms with E-state index in [4.69, 9.17) is 15.9 Å². The molecule has 0 spiro atoms. The SMILES string of the molecule is CC(C)C(=N)/C=C/Oc1cc(F)ccc1-c1ccc(CN)cn1. The first-order chi connectivity index (χ1) is 11.0. The van der Waals surface area contributed by atoms with Crippen LogP contribution in [0.15, 0.2) is 48.9 Å². The minimum atomic E-state index is -0.394. The first-order valence-electron chi connectivity index (χ1n) is 7.38. The number of hydrogen-bond donors (Lipinski definition) is 2. The molecule has 5 heteroatoms. The zero-order valence-electron chi connectivity index (χ0n) is 13.2. The Bertz CT molecular complexity index is 709. The average molecular weight is 313 g/mol. The van der Waals surface area contributed by atoms with E-state index in [-0.39, 0.29) is 5.92 Å². The molecule has 3 N–H and O–H groups in total. The summed E-state index contributed by atoms with van der Waals surface area (Å²) in [5, 5.41) is 7.75. The van der Waals surface area contributed by atoms with E-state index in [0.29, 0.717) is 29.3 Å². The number of ether oxygens (including phenoxy) is 1. The van der Waals surface area contributed by atoms with Crippen LogP contribution in [0.25, 0.3) is 11.3 Å². The highest BCUT2D eigenvalue weighted by Gasteiger charge is 2.09. The molecule has 1 aromatic heterocycles. The topological polar surface area (TPSA) is 72.0 Å². The maximum atomic E-state index is 13.5. The van der Waals surface area contributed by atoms with Crippen molar-refractivity contribution in [2.45, 2.75) is 20.4 Å². The molecule has 23 heavy (non-hydrogen) atoms. The second-order valence-corrected chi connectivity index (χ2v) is 5.43. The van der Waals surface area contributed by atoms with Gasteiger partial charge in [0.2, 0.25) is 0 Å². The zero-order valence-corrected chi connectivity index (χ0v) is 13.2. The maximum Gasteiger partial charge on any atom is 0.138 e. The predicted molar refractivity (Wildman–Crippen MR) is 89.9 cm³/mol.